The Bertz CT molecular complexity index is 381. The highest BCUT2D eigenvalue weighted by molar-refractivity contribution is 5.46. The van der Waals surface area contributed by atoms with Crippen molar-refractivity contribution < 1.29 is 4.74 Å². The second kappa shape index (κ2) is 3.59. The Kier molecular flexibility index (Phi) is 2.21. The normalized spacial score (nSPS) is 23.1. The number of hydrogen-bond acceptors (Lipinski definition) is 5. The van der Waals surface area contributed by atoms with E-state index in [0.717, 1.165) is 32.1 Å². The van der Waals surface area contributed by atoms with Gasteiger partial charge in [-0.05, 0) is 12.8 Å². The molecule has 0 atom stereocenters. The summed E-state index contributed by atoms with van der Waals surface area (Å²) in [6.07, 6.45) is 3.91. The van der Waals surface area contributed by atoms with Gasteiger partial charge in [0.2, 0.25) is 0 Å². The number of ether oxygens (including phenoxy) is 1. The molecule has 2 aliphatic rings. The molecule has 5 heteroatoms. The Labute approximate surface area is 94.6 Å². The minimum atomic E-state index is 0.467. The van der Waals surface area contributed by atoms with E-state index in [0.29, 0.717) is 11.2 Å². The zero-order valence-corrected chi connectivity index (χ0v) is 9.22. The van der Waals surface area contributed by atoms with Gasteiger partial charge in [0, 0.05) is 24.6 Å². The fourth-order valence-electron chi connectivity index (χ4n) is 2.42. The standard InChI is InChI=1S/C11H16N4O/c12-9-5-10(14-8-13-9)15-3-1-11(2-4-15)6-16-7-11/h5,8H,1-4,6-7H2,(H2,12,13,14). The van der Waals surface area contributed by atoms with Crippen molar-refractivity contribution in [1.82, 2.24) is 9.97 Å². The number of nitrogens with two attached hydrogens (primary N) is 1. The quantitative estimate of drug-likeness (QED) is 0.753. The van der Waals surface area contributed by atoms with Crippen molar-refractivity contribution in [1.29, 1.82) is 0 Å². The predicted molar refractivity (Wildman–Crippen MR) is 61.1 cm³/mol. The Morgan fingerprint density at radius 2 is 2.00 bits per heavy atom. The molecule has 2 aliphatic heterocycles. The summed E-state index contributed by atoms with van der Waals surface area (Å²) in [7, 11) is 0. The maximum Gasteiger partial charge on any atom is 0.134 e. The summed E-state index contributed by atoms with van der Waals surface area (Å²) in [6, 6.07) is 1.84. The molecule has 2 fully saturated rings. The van der Waals surface area contributed by atoms with Gasteiger partial charge in [-0.2, -0.15) is 0 Å². The molecule has 0 aromatic carbocycles. The van der Waals surface area contributed by atoms with E-state index in [9.17, 15) is 0 Å². The largest absolute Gasteiger partial charge is 0.384 e. The predicted octanol–water partition coefficient (Wildman–Crippen LogP) is 0.676. The minimum Gasteiger partial charge on any atom is -0.384 e. The van der Waals surface area contributed by atoms with Gasteiger partial charge < -0.3 is 15.4 Å². The second-order valence-corrected chi connectivity index (χ2v) is 4.78. The van der Waals surface area contributed by atoms with Gasteiger partial charge in [0.15, 0.2) is 0 Å². The molecule has 0 unspecified atom stereocenters. The van der Waals surface area contributed by atoms with E-state index in [2.05, 4.69) is 14.9 Å². The average molecular weight is 220 g/mol. The van der Waals surface area contributed by atoms with Crippen LogP contribution in [0.4, 0.5) is 11.6 Å². The number of piperidine rings is 1. The molecule has 5 nitrogen and oxygen atoms in total. The fourth-order valence-corrected chi connectivity index (χ4v) is 2.42. The van der Waals surface area contributed by atoms with Crippen molar-refractivity contribution in [2.75, 3.05) is 36.9 Å². The molecular formula is C11H16N4O. The van der Waals surface area contributed by atoms with Crippen molar-refractivity contribution in [2.45, 2.75) is 12.8 Å². The molecular weight excluding hydrogens is 204 g/mol. The molecule has 2 N–H and O–H groups in total. The molecule has 3 heterocycles. The lowest BCUT2D eigenvalue weighted by molar-refractivity contribution is -0.124. The smallest absolute Gasteiger partial charge is 0.134 e. The van der Waals surface area contributed by atoms with Gasteiger partial charge in [-0.1, -0.05) is 0 Å². The molecule has 0 bridgehead atoms. The number of hydrogen-bond donors (Lipinski definition) is 1. The van der Waals surface area contributed by atoms with Crippen LogP contribution in [0, 0.1) is 5.41 Å². The van der Waals surface area contributed by atoms with E-state index in [1.807, 2.05) is 6.07 Å². The third-order valence-corrected chi connectivity index (χ3v) is 3.64. The van der Waals surface area contributed by atoms with E-state index in [4.69, 9.17) is 10.5 Å². The topological polar surface area (TPSA) is 64.3 Å². The fraction of sp³-hybridized carbons (Fsp3) is 0.636. The summed E-state index contributed by atoms with van der Waals surface area (Å²) in [5.41, 5.74) is 6.13. The van der Waals surface area contributed by atoms with Gasteiger partial charge in [-0.15, -0.1) is 0 Å². The molecule has 1 aromatic rings. The maximum atomic E-state index is 5.66. The summed E-state index contributed by atoms with van der Waals surface area (Å²) in [4.78, 5) is 10.4. The van der Waals surface area contributed by atoms with E-state index in [1.54, 1.807) is 0 Å². The molecule has 86 valence electrons. The summed E-state index contributed by atoms with van der Waals surface area (Å²) in [5, 5.41) is 0. The first kappa shape index (κ1) is 9.84. The van der Waals surface area contributed by atoms with E-state index in [-0.39, 0.29) is 0 Å². The van der Waals surface area contributed by atoms with Crippen LogP contribution in [0.1, 0.15) is 12.8 Å². The maximum absolute atomic E-state index is 5.66. The number of aromatic nitrogens is 2. The first-order valence-corrected chi connectivity index (χ1v) is 5.68. The van der Waals surface area contributed by atoms with Crippen LogP contribution in [-0.2, 0) is 4.74 Å². The molecule has 16 heavy (non-hydrogen) atoms. The SMILES string of the molecule is Nc1cc(N2CCC3(CC2)COC3)ncn1. The van der Waals surface area contributed by atoms with Crippen LogP contribution in [0.25, 0.3) is 0 Å². The summed E-state index contributed by atoms with van der Waals surface area (Å²) < 4.78 is 5.31. The first-order valence-electron chi connectivity index (χ1n) is 5.68. The van der Waals surface area contributed by atoms with Crippen LogP contribution < -0.4 is 10.6 Å². The number of nitrogen functional groups attached to an aromatic ring is 1. The molecule has 1 spiro atoms. The van der Waals surface area contributed by atoms with Gasteiger partial charge in [0.05, 0.1) is 13.2 Å². The van der Waals surface area contributed by atoms with Crippen molar-refractivity contribution >= 4 is 11.6 Å². The van der Waals surface area contributed by atoms with Gasteiger partial charge in [0.25, 0.3) is 0 Å². The van der Waals surface area contributed by atoms with Crippen LogP contribution in [0.2, 0.25) is 0 Å². The Balaban J connectivity index is 1.69. The van der Waals surface area contributed by atoms with E-state index in [1.165, 1.54) is 19.2 Å². The third kappa shape index (κ3) is 1.61. The zero-order chi connectivity index (χ0) is 11.0. The highest BCUT2D eigenvalue weighted by atomic mass is 16.5. The lowest BCUT2D eigenvalue weighted by atomic mass is 9.77. The highest BCUT2D eigenvalue weighted by Crippen LogP contribution is 2.39. The molecule has 3 rings (SSSR count). The highest BCUT2D eigenvalue weighted by Gasteiger charge is 2.41. The lowest BCUT2D eigenvalue weighted by Gasteiger charge is -2.47. The first-order chi connectivity index (χ1) is 7.77. The zero-order valence-electron chi connectivity index (χ0n) is 9.22. The van der Waals surface area contributed by atoms with E-state index >= 15 is 0 Å². The van der Waals surface area contributed by atoms with Gasteiger partial charge in [-0.25, -0.2) is 9.97 Å². The van der Waals surface area contributed by atoms with Crippen molar-refractivity contribution in [3.05, 3.63) is 12.4 Å². The number of nitrogens with zero attached hydrogens (tertiary/aromatic N) is 3. The monoisotopic (exact) mass is 220 g/mol. The van der Waals surface area contributed by atoms with E-state index < -0.39 is 0 Å². The Hall–Kier alpha value is -1.36. The Morgan fingerprint density at radius 1 is 1.25 bits per heavy atom. The molecule has 2 saturated heterocycles. The molecule has 1 aromatic heterocycles. The van der Waals surface area contributed by atoms with Crippen molar-refractivity contribution in [2.24, 2.45) is 5.41 Å². The molecule has 0 radical (unpaired) electrons. The molecule has 0 aliphatic carbocycles. The Morgan fingerprint density at radius 3 is 2.56 bits per heavy atom. The molecule has 0 amide bonds. The van der Waals surface area contributed by atoms with Crippen LogP contribution >= 0.6 is 0 Å². The van der Waals surface area contributed by atoms with Crippen LogP contribution in [0.15, 0.2) is 12.4 Å². The third-order valence-electron chi connectivity index (χ3n) is 3.64. The average Bonchev–Trinajstić information content (AvgIpc) is 2.27. The van der Waals surface area contributed by atoms with Gasteiger partial charge >= 0.3 is 0 Å². The second-order valence-electron chi connectivity index (χ2n) is 4.78. The lowest BCUT2D eigenvalue weighted by Crippen LogP contribution is -2.51. The number of rotatable bonds is 1. The number of anilines is 2. The summed E-state index contributed by atoms with van der Waals surface area (Å²) in [5.74, 6) is 1.49. The summed E-state index contributed by atoms with van der Waals surface area (Å²) >= 11 is 0. The van der Waals surface area contributed by atoms with Crippen LogP contribution in [-0.4, -0.2) is 36.3 Å². The van der Waals surface area contributed by atoms with Crippen molar-refractivity contribution in [3.8, 4) is 0 Å². The van der Waals surface area contributed by atoms with Crippen LogP contribution in [0.3, 0.4) is 0 Å². The van der Waals surface area contributed by atoms with Gasteiger partial charge in [0.1, 0.15) is 18.0 Å². The van der Waals surface area contributed by atoms with Gasteiger partial charge in [-0.3, -0.25) is 0 Å². The van der Waals surface area contributed by atoms with Crippen molar-refractivity contribution in [3.63, 3.8) is 0 Å². The summed E-state index contributed by atoms with van der Waals surface area (Å²) in [6.45, 7) is 3.96. The molecule has 0 saturated carbocycles. The van der Waals surface area contributed by atoms with Crippen LogP contribution in [0.5, 0.6) is 0 Å². The minimum absolute atomic E-state index is 0.467.